The maximum absolute atomic E-state index is 13.1. The van der Waals surface area contributed by atoms with Crippen LogP contribution >= 0.6 is 0 Å². The number of rotatable bonds is 5. The third-order valence-corrected chi connectivity index (χ3v) is 3.86. The van der Waals surface area contributed by atoms with E-state index in [1.54, 1.807) is 6.92 Å². The molecule has 2 N–H and O–H groups in total. The summed E-state index contributed by atoms with van der Waals surface area (Å²) in [6, 6.07) is 15.7. The van der Waals surface area contributed by atoms with Crippen molar-refractivity contribution >= 4 is 17.5 Å². The van der Waals surface area contributed by atoms with E-state index in [1.165, 1.54) is 24.3 Å². The molecule has 0 aliphatic carbocycles. The van der Waals surface area contributed by atoms with Gasteiger partial charge in [-0.05, 0) is 30.7 Å². The zero-order valence-corrected chi connectivity index (χ0v) is 14.9. The van der Waals surface area contributed by atoms with Crippen LogP contribution < -0.4 is 10.6 Å². The number of hydrogen-bond acceptors (Lipinski definition) is 4. The lowest BCUT2D eigenvalue weighted by Gasteiger charge is -2.14. The van der Waals surface area contributed by atoms with Gasteiger partial charge in [0, 0.05) is 12.2 Å². The second-order valence-electron chi connectivity index (χ2n) is 6.05. The molecule has 3 rings (SSSR count). The van der Waals surface area contributed by atoms with E-state index in [0.29, 0.717) is 12.2 Å². The quantitative estimate of drug-likeness (QED) is 0.669. The zero-order valence-electron chi connectivity index (χ0n) is 14.9. The summed E-state index contributed by atoms with van der Waals surface area (Å²) >= 11 is 0. The number of aryl methyl sites for hydroxylation is 1. The highest BCUT2D eigenvalue weighted by Crippen LogP contribution is 2.34. The van der Waals surface area contributed by atoms with Crippen LogP contribution in [0.4, 0.5) is 24.8 Å². The fourth-order valence-corrected chi connectivity index (χ4v) is 2.57. The van der Waals surface area contributed by atoms with Crippen LogP contribution in [0.5, 0.6) is 0 Å². The van der Waals surface area contributed by atoms with Crippen LogP contribution in [0.15, 0.2) is 60.7 Å². The molecule has 0 aliphatic heterocycles. The molecule has 0 saturated heterocycles. The number of halogens is 3. The Balaban J connectivity index is 1.78. The van der Waals surface area contributed by atoms with Crippen LogP contribution in [0.3, 0.4) is 0 Å². The minimum atomic E-state index is -4.58. The maximum atomic E-state index is 13.1. The molecule has 2 aromatic carbocycles. The lowest BCUT2D eigenvalue weighted by atomic mass is 10.1. The minimum Gasteiger partial charge on any atom is -0.350 e. The molecule has 0 atom stereocenters. The summed E-state index contributed by atoms with van der Waals surface area (Å²) in [7, 11) is 0. The summed E-state index contributed by atoms with van der Waals surface area (Å²) in [6.07, 6.45) is -4.58. The molecule has 3 aromatic rings. The molecule has 0 unspecified atom stereocenters. The highest BCUT2D eigenvalue weighted by atomic mass is 19.4. The van der Waals surface area contributed by atoms with Crippen LogP contribution in [-0.4, -0.2) is 15.9 Å². The van der Waals surface area contributed by atoms with Crippen molar-refractivity contribution in [2.24, 2.45) is 0 Å². The summed E-state index contributed by atoms with van der Waals surface area (Å²) in [5.41, 5.74) is 0.240. The number of anilines is 2. The van der Waals surface area contributed by atoms with Gasteiger partial charge in [0.1, 0.15) is 5.69 Å². The van der Waals surface area contributed by atoms with Crippen molar-refractivity contribution in [1.82, 2.24) is 9.97 Å². The van der Waals surface area contributed by atoms with Crippen molar-refractivity contribution in [3.8, 4) is 0 Å². The van der Waals surface area contributed by atoms with Gasteiger partial charge >= 0.3 is 6.18 Å². The topological polar surface area (TPSA) is 66.9 Å². The van der Waals surface area contributed by atoms with Crippen LogP contribution in [0.2, 0.25) is 0 Å². The van der Waals surface area contributed by atoms with E-state index in [2.05, 4.69) is 20.6 Å². The number of alkyl halides is 3. The fraction of sp³-hybridized carbons (Fsp3) is 0.150. The highest BCUT2D eigenvalue weighted by molar-refractivity contribution is 6.03. The van der Waals surface area contributed by atoms with E-state index < -0.39 is 17.6 Å². The first kappa shape index (κ1) is 19.3. The van der Waals surface area contributed by atoms with Gasteiger partial charge in [-0.15, -0.1) is 0 Å². The van der Waals surface area contributed by atoms with Gasteiger partial charge in [-0.1, -0.05) is 42.5 Å². The van der Waals surface area contributed by atoms with E-state index in [9.17, 15) is 18.0 Å². The third kappa shape index (κ3) is 4.85. The molecule has 8 heteroatoms. The number of nitrogens with one attached hydrogen (secondary N) is 2. The summed E-state index contributed by atoms with van der Waals surface area (Å²) in [5.74, 6) is -0.525. The number of para-hydroxylation sites is 1. The molecule has 0 bridgehead atoms. The first-order valence-electron chi connectivity index (χ1n) is 8.44. The van der Waals surface area contributed by atoms with Gasteiger partial charge < -0.3 is 10.6 Å². The van der Waals surface area contributed by atoms with E-state index >= 15 is 0 Å². The largest absolute Gasteiger partial charge is 0.418 e. The molecule has 0 radical (unpaired) electrons. The predicted molar refractivity (Wildman–Crippen MR) is 99.9 cm³/mol. The number of nitrogens with zero attached hydrogens (tertiary/aromatic N) is 2. The normalized spacial score (nSPS) is 11.1. The molecule has 0 fully saturated rings. The third-order valence-electron chi connectivity index (χ3n) is 3.86. The SMILES string of the molecule is Cc1cc(C(=O)Nc2ccccc2C(F)(F)F)nc(NCc2ccccc2)n1. The second-order valence-corrected chi connectivity index (χ2v) is 6.05. The smallest absolute Gasteiger partial charge is 0.350 e. The van der Waals surface area contributed by atoms with Crippen molar-refractivity contribution in [3.05, 3.63) is 83.2 Å². The summed E-state index contributed by atoms with van der Waals surface area (Å²) < 4.78 is 39.3. The second kappa shape index (κ2) is 8.08. The number of carbonyl (C=O) groups excluding carboxylic acids is 1. The van der Waals surface area contributed by atoms with Gasteiger partial charge in [0.25, 0.3) is 5.91 Å². The Morgan fingerprint density at radius 3 is 2.39 bits per heavy atom. The highest BCUT2D eigenvalue weighted by Gasteiger charge is 2.33. The van der Waals surface area contributed by atoms with Crippen LogP contribution in [0, 0.1) is 6.92 Å². The Bertz CT molecular complexity index is 975. The number of benzene rings is 2. The Hall–Kier alpha value is -3.42. The number of aromatic nitrogens is 2. The van der Waals surface area contributed by atoms with Gasteiger partial charge in [-0.3, -0.25) is 4.79 Å². The van der Waals surface area contributed by atoms with Crippen molar-refractivity contribution in [2.45, 2.75) is 19.6 Å². The van der Waals surface area contributed by atoms with Gasteiger partial charge in [0.05, 0.1) is 11.3 Å². The molecule has 1 heterocycles. The molecular formula is C20H17F3N4O. The molecule has 144 valence electrons. The van der Waals surface area contributed by atoms with Crippen LogP contribution in [0.1, 0.15) is 27.3 Å². The van der Waals surface area contributed by atoms with Crippen molar-refractivity contribution in [1.29, 1.82) is 0 Å². The molecule has 0 aliphatic rings. The van der Waals surface area contributed by atoms with E-state index in [1.807, 2.05) is 30.3 Å². The maximum Gasteiger partial charge on any atom is 0.418 e. The van der Waals surface area contributed by atoms with Gasteiger partial charge in [-0.25, -0.2) is 9.97 Å². The molecule has 0 saturated carbocycles. The Morgan fingerprint density at radius 1 is 1.00 bits per heavy atom. The fourth-order valence-electron chi connectivity index (χ4n) is 2.57. The molecule has 0 spiro atoms. The van der Waals surface area contributed by atoms with Crippen molar-refractivity contribution in [3.63, 3.8) is 0 Å². The van der Waals surface area contributed by atoms with Crippen LogP contribution in [0.25, 0.3) is 0 Å². The van der Waals surface area contributed by atoms with Gasteiger partial charge in [-0.2, -0.15) is 13.2 Å². The number of hydrogen-bond donors (Lipinski definition) is 2. The first-order valence-corrected chi connectivity index (χ1v) is 8.44. The monoisotopic (exact) mass is 386 g/mol. The minimum absolute atomic E-state index is 0.0277. The van der Waals surface area contributed by atoms with E-state index in [4.69, 9.17) is 0 Å². The Labute approximate surface area is 159 Å². The molecular weight excluding hydrogens is 369 g/mol. The average Bonchev–Trinajstić information content (AvgIpc) is 2.66. The van der Waals surface area contributed by atoms with Gasteiger partial charge in [0.2, 0.25) is 5.95 Å². The molecule has 28 heavy (non-hydrogen) atoms. The predicted octanol–water partition coefficient (Wildman–Crippen LogP) is 4.67. The Morgan fingerprint density at radius 2 is 1.68 bits per heavy atom. The number of carbonyl (C=O) groups is 1. The summed E-state index contributed by atoms with van der Waals surface area (Å²) in [6.45, 7) is 2.12. The lowest BCUT2D eigenvalue weighted by molar-refractivity contribution is -0.136. The summed E-state index contributed by atoms with van der Waals surface area (Å²) in [5, 5.41) is 5.30. The molecule has 5 nitrogen and oxygen atoms in total. The van der Waals surface area contributed by atoms with Crippen LogP contribution in [-0.2, 0) is 12.7 Å². The van der Waals surface area contributed by atoms with Crippen molar-refractivity contribution in [2.75, 3.05) is 10.6 Å². The summed E-state index contributed by atoms with van der Waals surface area (Å²) in [4.78, 5) is 20.8. The lowest BCUT2D eigenvalue weighted by Crippen LogP contribution is -2.19. The average molecular weight is 386 g/mol. The van der Waals surface area contributed by atoms with E-state index in [-0.39, 0.29) is 17.3 Å². The van der Waals surface area contributed by atoms with E-state index in [0.717, 1.165) is 11.6 Å². The first-order chi connectivity index (χ1) is 13.3. The zero-order chi connectivity index (χ0) is 20.1. The number of amides is 1. The molecule has 1 amide bonds. The standard InChI is InChI=1S/C20H17F3N4O/c1-13-11-17(27-19(25-13)24-12-14-7-3-2-4-8-14)18(28)26-16-10-6-5-9-15(16)20(21,22)23/h2-11H,12H2,1H3,(H,26,28)(H,24,25,27). The van der Waals surface area contributed by atoms with Gasteiger partial charge in [0.15, 0.2) is 0 Å². The molecule has 1 aromatic heterocycles. The van der Waals surface area contributed by atoms with Crippen molar-refractivity contribution < 1.29 is 18.0 Å². The Kier molecular flexibility index (Phi) is 5.58.